The lowest BCUT2D eigenvalue weighted by Crippen LogP contribution is -2.24. The molecule has 0 fully saturated rings. The normalized spacial score (nSPS) is 22.3. The fourth-order valence-electron chi connectivity index (χ4n) is 2.83. The summed E-state index contributed by atoms with van der Waals surface area (Å²) in [5.74, 6) is -0.456. The van der Waals surface area contributed by atoms with Crippen molar-refractivity contribution in [3.63, 3.8) is 0 Å². The lowest BCUT2D eigenvalue weighted by atomic mass is 9.82. The monoisotopic (exact) mass is 334 g/mol. The molecule has 1 aromatic carbocycles. The van der Waals surface area contributed by atoms with Gasteiger partial charge >= 0.3 is 5.97 Å². The number of halogens is 1. The van der Waals surface area contributed by atoms with Crippen molar-refractivity contribution < 1.29 is 9.90 Å². The number of fused-ring (bicyclic) bond motifs is 1. The average Bonchev–Trinajstić information content (AvgIpc) is 2.82. The molecule has 2 atom stereocenters. The van der Waals surface area contributed by atoms with Crippen molar-refractivity contribution >= 4 is 32.9 Å². The summed E-state index contributed by atoms with van der Waals surface area (Å²) in [6, 6.07) is 4.00. The van der Waals surface area contributed by atoms with E-state index in [2.05, 4.69) is 25.9 Å². The Hall–Kier alpha value is -1.62. The van der Waals surface area contributed by atoms with Crippen LogP contribution in [0, 0.1) is 12.8 Å². The molecule has 1 aromatic heterocycles. The molecular formula is C15H15BrN2O2. The zero-order valence-corrected chi connectivity index (χ0v) is 12.6. The van der Waals surface area contributed by atoms with E-state index in [1.807, 2.05) is 31.2 Å². The molecule has 3 rings (SSSR count). The van der Waals surface area contributed by atoms with Gasteiger partial charge in [-0.3, -0.25) is 4.79 Å². The predicted molar refractivity (Wildman–Crippen MR) is 80.8 cm³/mol. The van der Waals surface area contributed by atoms with Crippen molar-refractivity contribution in [1.82, 2.24) is 9.97 Å². The molecule has 0 saturated heterocycles. The van der Waals surface area contributed by atoms with Crippen LogP contribution in [0.3, 0.4) is 0 Å². The quantitative estimate of drug-likeness (QED) is 0.821. The molecule has 2 N–H and O–H groups in total. The first-order chi connectivity index (χ1) is 9.56. The second-order valence-electron chi connectivity index (χ2n) is 5.23. The number of carbonyl (C=O) groups is 1. The van der Waals surface area contributed by atoms with Crippen LogP contribution in [0.25, 0.3) is 11.0 Å². The Kier molecular flexibility index (Phi) is 3.38. The number of carboxylic acid groups (broad SMARTS) is 1. The molecule has 1 heterocycles. The first-order valence-electron chi connectivity index (χ1n) is 6.60. The fourth-order valence-corrected chi connectivity index (χ4v) is 3.40. The molecule has 1 aliphatic carbocycles. The lowest BCUT2D eigenvalue weighted by Gasteiger charge is -2.23. The summed E-state index contributed by atoms with van der Waals surface area (Å²) < 4.78 is 0.996. The molecule has 5 heteroatoms. The number of nitrogens with one attached hydrogen (secondary N) is 1. The Morgan fingerprint density at radius 1 is 1.40 bits per heavy atom. The number of hydrogen-bond donors (Lipinski definition) is 2. The van der Waals surface area contributed by atoms with Crippen LogP contribution in [0.5, 0.6) is 0 Å². The van der Waals surface area contributed by atoms with Gasteiger partial charge in [0, 0.05) is 10.4 Å². The Morgan fingerprint density at radius 3 is 2.90 bits per heavy atom. The zero-order chi connectivity index (χ0) is 14.3. The van der Waals surface area contributed by atoms with Crippen LogP contribution < -0.4 is 0 Å². The summed E-state index contributed by atoms with van der Waals surface area (Å²) in [7, 11) is 0. The van der Waals surface area contributed by atoms with Gasteiger partial charge in [-0.2, -0.15) is 0 Å². The van der Waals surface area contributed by atoms with E-state index in [1.54, 1.807) is 0 Å². The third-order valence-electron chi connectivity index (χ3n) is 3.86. The van der Waals surface area contributed by atoms with Crippen LogP contribution in [0.15, 0.2) is 28.8 Å². The van der Waals surface area contributed by atoms with Crippen molar-refractivity contribution in [3.05, 3.63) is 40.1 Å². The van der Waals surface area contributed by atoms with Gasteiger partial charge in [0.05, 0.1) is 17.0 Å². The maximum atomic E-state index is 11.4. The van der Waals surface area contributed by atoms with Crippen molar-refractivity contribution in [2.24, 2.45) is 5.92 Å². The molecule has 1 aliphatic rings. The average molecular weight is 335 g/mol. The molecule has 2 aromatic rings. The van der Waals surface area contributed by atoms with E-state index in [0.29, 0.717) is 6.42 Å². The number of allylic oxidation sites excluding steroid dienone is 2. The van der Waals surface area contributed by atoms with Gasteiger partial charge < -0.3 is 10.1 Å². The van der Waals surface area contributed by atoms with E-state index < -0.39 is 11.9 Å². The Balaban J connectivity index is 2.07. The number of aromatic nitrogens is 2. The summed E-state index contributed by atoms with van der Waals surface area (Å²) in [6.07, 6.45) is 5.27. The van der Waals surface area contributed by atoms with Crippen LogP contribution >= 0.6 is 15.9 Å². The van der Waals surface area contributed by atoms with Gasteiger partial charge in [0.1, 0.15) is 5.82 Å². The third-order valence-corrected chi connectivity index (χ3v) is 4.32. The number of nitrogens with zero attached hydrogens (tertiary/aromatic N) is 1. The molecule has 0 saturated carbocycles. The summed E-state index contributed by atoms with van der Waals surface area (Å²) in [5.41, 5.74) is 2.95. The van der Waals surface area contributed by atoms with E-state index >= 15 is 0 Å². The highest BCUT2D eigenvalue weighted by molar-refractivity contribution is 9.10. The topological polar surface area (TPSA) is 66.0 Å². The number of carboxylic acids is 1. The molecule has 104 valence electrons. The number of aromatic amines is 1. The molecular weight excluding hydrogens is 320 g/mol. The Morgan fingerprint density at radius 2 is 2.15 bits per heavy atom. The van der Waals surface area contributed by atoms with Crippen molar-refractivity contribution in [2.75, 3.05) is 0 Å². The number of hydrogen-bond acceptors (Lipinski definition) is 2. The maximum absolute atomic E-state index is 11.4. The van der Waals surface area contributed by atoms with Gasteiger partial charge in [-0.05, 0) is 37.5 Å². The Bertz CT molecular complexity index is 705. The predicted octanol–water partition coefficient (Wildman–Crippen LogP) is 3.77. The largest absolute Gasteiger partial charge is 0.481 e. The number of rotatable bonds is 2. The van der Waals surface area contributed by atoms with Gasteiger partial charge in [-0.25, -0.2) is 4.98 Å². The minimum atomic E-state index is -0.752. The summed E-state index contributed by atoms with van der Waals surface area (Å²) in [6.45, 7) is 2.01. The summed E-state index contributed by atoms with van der Waals surface area (Å²) >= 11 is 3.47. The molecule has 0 aliphatic heterocycles. The third kappa shape index (κ3) is 2.26. The van der Waals surface area contributed by atoms with Gasteiger partial charge in [-0.1, -0.05) is 28.1 Å². The molecule has 0 radical (unpaired) electrons. The number of aliphatic carboxylic acids is 1. The van der Waals surface area contributed by atoms with E-state index in [1.165, 1.54) is 0 Å². The SMILES string of the molecule is Cc1cc(Br)cc2[nH]c(C3CC=CCC3C(=O)O)nc12. The van der Waals surface area contributed by atoms with Crippen LogP contribution in [0.2, 0.25) is 0 Å². The highest BCUT2D eigenvalue weighted by atomic mass is 79.9. The van der Waals surface area contributed by atoms with Crippen LogP contribution in [-0.4, -0.2) is 21.0 Å². The van der Waals surface area contributed by atoms with Gasteiger partial charge in [0.2, 0.25) is 0 Å². The molecule has 0 spiro atoms. The standard InChI is InChI=1S/C15H15BrN2O2/c1-8-6-9(16)7-12-13(8)18-14(17-12)10-4-2-3-5-11(10)15(19)20/h2-3,6-7,10-11H,4-5H2,1H3,(H,17,18)(H,19,20). The summed E-state index contributed by atoms with van der Waals surface area (Å²) in [5, 5.41) is 9.36. The van der Waals surface area contributed by atoms with Crippen molar-refractivity contribution in [2.45, 2.75) is 25.7 Å². The number of benzene rings is 1. The molecule has 4 nitrogen and oxygen atoms in total. The van der Waals surface area contributed by atoms with E-state index in [-0.39, 0.29) is 5.92 Å². The molecule has 2 unspecified atom stereocenters. The second kappa shape index (κ2) is 5.05. The maximum Gasteiger partial charge on any atom is 0.307 e. The van der Waals surface area contributed by atoms with E-state index in [4.69, 9.17) is 0 Å². The minimum absolute atomic E-state index is 0.0805. The number of imidazole rings is 1. The van der Waals surface area contributed by atoms with Crippen molar-refractivity contribution in [3.8, 4) is 0 Å². The fraction of sp³-hybridized carbons (Fsp3) is 0.333. The van der Waals surface area contributed by atoms with Gasteiger partial charge in [-0.15, -0.1) is 0 Å². The number of H-pyrrole nitrogens is 1. The highest BCUT2D eigenvalue weighted by Gasteiger charge is 2.32. The number of aryl methyl sites for hydroxylation is 1. The molecule has 20 heavy (non-hydrogen) atoms. The van der Waals surface area contributed by atoms with E-state index in [0.717, 1.165) is 33.3 Å². The van der Waals surface area contributed by atoms with Crippen molar-refractivity contribution in [1.29, 1.82) is 0 Å². The van der Waals surface area contributed by atoms with Gasteiger partial charge in [0.25, 0.3) is 0 Å². The second-order valence-corrected chi connectivity index (χ2v) is 6.15. The van der Waals surface area contributed by atoms with Crippen LogP contribution in [-0.2, 0) is 4.79 Å². The first-order valence-corrected chi connectivity index (χ1v) is 7.39. The molecule has 0 amide bonds. The van der Waals surface area contributed by atoms with Crippen LogP contribution in [0.4, 0.5) is 0 Å². The van der Waals surface area contributed by atoms with Gasteiger partial charge in [0.15, 0.2) is 0 Å². The Labute approximate surface area is 125 Å². The first kappa shape index (κ1) is 13.4. The van der Waals surface area contributed by atoms with Crippen LogP contribution in [0.1, 0.15) is 30.1 Å². The highest BCUT2D eigenvalue weighted by Crippen LogP contribution is 2.35. The molecule has 0 bridgehead atoms. The smallest absolute Gasteiger partial charge is 0.307 e. The minimum Gasteiger partial charge on any atom is -0.481 e. The lowest BCUT2D eigenvalue weighted by molar-refractivity contribution is -0.142. The summed E-state index contributed by atoms with van der Waals surface area (Å²) in [4.78, 5) is 19.3. The van der Waals surface area contributed by atoms with E-state index in [9.17, 15) is 9.90 Å². The zero-order valence-electron chi connectivity index (χ0n) is 11.1.